The van der Waals surface area contributed by atoms with Crippen LogP contribution >= 0.6 is 0 Å². The Bertz CT molecular complexity index is 1140. The molecule has 2 amide bonds. The van der Waals surface area contributed by atoms with Crippen LogP contribution in [0.3, 0.4) is 0 Å². The highest BCUT2D eigenvalue weighted by molar-refractivity contribution is 6.03. The van der Waals surface area contributed by atoms with Crippen LogP contribution in [0.1, 0.15) is 23.6 Å². The Morgan fingerprint density at radius 2 is 1.81 bits per heavy atom. The summed E-state index contributed by atoms with van der Waals surface area (Å²) < 4.78 is 5.83. The SMILES string of the molecule is Cc1ccc(/C=C/C(=O)Nc2ccc3c(c2)OC(C)C(=O)N3CCc2ccccc2)cc1. The van der Waals surface area contributed by atoms with Gasteiger partial charge in [-0.3, -0.25) is 9.59 Å². The van der Waals surface area contributed by atoms with Gasteiger partial charge in [0.1, 0.15) is 5.75 Å². The standard InChI is InChI=1S/C27H26N2O3/c1-19-8-10-22(11-9-19)12-15-26(30)28-23-13-14-24-25(18-23)32-20(2)27(31)29(24)17-16-21-6-4-3-5-7-21/h3-15,18,20H,16-17H2,1-2H3,(H,28,30)/b15-12+. The fourth-order valence-corrected chi connectivity index (χ4v) is 3.64. The average molecular weight is 427 g/mol. The van der Waals surface area contributed by atoms with Gasteiger partial charge in [-0.15, -0.1) is 0 Å². The Labute approximate surface area is 188 Å². The minimum absolute atomic E-state index is 0.0637. The molecule has 0 bridgehead atoms. The number of hydrogen-bond acceptors (Lipinski definition) is 3. The first-order chi connectivity index (χ1) is 15.5. The van der Waals surface area contributed by atoms with Crippen LogP contribution in [0, 0.1) is 6.92 Å². The smallest absolute Gasteiger partial charge is 0.267 e. The summed E-state index contributed by atoms with van der Waals surface area (Å²) in [5, 5.41) is 2.86. The van der Waals surface area contributed by atoms with E-state index >= 15 is 0 Å². The molecule has 1 heterocycles. The zero-order chi connectivity index (χ0) is 22.5. The van der Waals surface area contributed by atoms with E-state index in [9.17, 15) is 9.59 Å². The van der Waals surface area contributed by atoms with Crippen LogP contribution in [0.5, 0.6) is 5.75 Å². The van der Waals surface area contributed by atoms with Crippen molar-refractivity contribution in [2.24, 2.45) is 0 Å². The number of ether oxygens (including phenoxy) is 1. The number of aryl methyl sites for hydroxylation is 1. The molecule has 0 saturated heterocycles. The van der Waals surface area contributed by atoms with Crippen molar-refractivity contribution in [2.45, 2.75) is 26.4 Å². The summed E-state index contributed by atoms with van der Waals surface area (Å²) in [4.78, 5) is 26.9. The van der Waals surface area contributed by atoms with Crippen molar-refractivity contribution >= 4 is 29.3 Å². The number of benzene rings is 3. The van der Waals surface area contributed by atoms with E-state index in [-0.39, 0.29) is 11.8 Å². The van der Waals surface area contributed by atoms with Crippen LogP contribution in [0.25, 0.3) is 6.08 Å². The van der Waals surface area contributed by atoms with E-state index in [4.69, 9.17) is 4.74 Å². The molecular weight excluding hydrogens is 400 g/mol. The van der Waals surface area contributed by atoms with Crippen molar-refractivity contribution in [3.63, 3.8) is 0 Å². The summed E-state index contributed by atoms with van der Waals surface area (Å²) in [6.07, 6.45) is 3.45. The van der Waals surface area contributed by atoms with E-state index in [1.54, 1.807) is 30.0 Å². The van der Waals surface area contributed by atoms with Crippen molar-refractivity contribution in [1.82, 2.24) is 0 Å². The van der Waals surface area contributed by atoms with Crippen molar-refractivity contribution in [3.8, 4) is 5.75 Å². The topological polar surface area (TPSA) is 58.6 Å². The molecule has 162 valence electrons. The van der Waals surface area contributed by atoms with Gasteiger partial charge in [0.15, 0.2) is 6.10 Å². The fourth-order valence-electron chi connectivity index (χ4n) is 3.64. The molecule has 1 unspecified atom stereocenters. The first-order valence-electron chi connectivity index (χ1n) is 10.7. The number of nitrogens with one attached hydrogen (secondary N) is 1. The molecule has 0 aliphatic carbocycles. The summed E-state index contributed by atoms with van der Waals surface area (Å²) in [5.74, 6) is 0.295. The summed E-state index contributed by atoms with van der Waals surface area (Å²) in [6.45, 7) is 4.33. The van der Waals surface area contributed by atoms with Gasteiger partial charge in [0, 0.05) is 24.4 Å². The van der Waals surface area contributed by atoms with E-state index in [2.05, 4.69) is 17.4 Å². The molecule has 0 fully saturated rings. The summed E-state index contributed by atoms with van der Waals surface area (Å²) >= 11 is 0. The predicted molar refractivity (Wildman–Crippen MR) is 128 cm³/mol. The predicted octanol–water partition coefficient (Wildman–Crippen LogP) is 5.00. The number of nitrogens with zero attached hydrogens (tertiary/aromatic N) is 1. The second kappa shape index (κ2) is 9.52. The van der Waals surface area contributed by atoms with Gasteiger partial charge in [-0.2, -0.15) is 0 Å². The number of hydrogen-bond donors (Lipinski definition) is 1. The molecule has 3 aromatic rings. The highest BCUT2D eigenvalue weighted by Gasteiger charge is 2.31. The third-order valence-corrected chi connectivity index (χ3v) is 5.41. The number of anilines is 2. The van der Waals surface area contributed by atoms with Crippen molar-refractivity contribution < 1.29 is 14.3 Å². The molecule has 1 aliphatic heterocycles. The zero-order valence-electron chi connectivity index (χ0n) is 18.2. The van der Waals surface area contributed by atoms with E-state index in [1.807, 2.05) is 55.5 Å². The second-order valence-electron chi connectivity index (χ2n) is 7.90. The number of fused-ring (bicyclic) bond motifs is 1. The van der Waals surface area contributed by atoms with Gasteiger partial charge < -0.3 is 15.0 Å². The van der Waals surface area contributed by atoms with Gasteiger partial charge in [0.2, 0.25) is 5.91 Å². The molecule has 1 atom stereocenters. The van der Waals surface area contributed by atoms with Crippen molar-refractivity contribution in [3.05, 3.63) is 95.6 Å². The Balaban J connectivity index is 1.46. The maximum atomic E-state index is 12.7. The number of carbonyl (C=O) groups excluding carboxylic acids is 2. The summed E-state index contributed by atoms with van der Waals surface area (Å²) in [7, 11) is 0. The van der Waals surface area contributed by atoms with Crippen molar-refractivity contribution in [2.75, 3.05) is 16.8 Å². The van der Waals surface area contributed by atoms with E-state index in [1.165, 1.54) is 17.2 Å². The zero-order valence-corrected chi connectivity index (χ0v) is 18.2. The molecule has 5 nitrogen and oxygen atoms in total. The molecule has 0 spiro atoms. The van der Waals surface area contributed by atoms with Crippen LogP contribution < -0.4 is 15.0 Å². The van der Waals surface area contributed by atoms with Crippen LogP contribution in [0.2, 0.25) is 0 Å². The quantitative estimate of drug-likeness (QED) is 0.564. The second-order valence-corrected chi connectivity index (χ2v) is 7.90. The molecule has 0 aromatic heterocycles. The van der Waals surface area contributed by atoms with Crippen LogP contribution in [0.15, 0.2) is 78.9 Å². The van der Waals surface area contributed by atoms with Gasteiger partial charge in [0.25, 0.3) is 5.91 Å². The Kier molecular flexibility index (Phi) is 6.36. The van der Waals surface area contributed by atoms with Gasteiger partial charge in [0.05, 0.1) is 5.69 Å². The van der Waals surface area contributed by atoms with Crippen LogP contribution in [0.4, 0.5) is 11.4 Å². The Hall–Kier alpha value is -3.86. The lowest BCUT2D eigenvalue weighted by molar-refractivity contribution is -0.125. The maximum absolute atomic E-state index is 12.7. The average Bonchev–Trinajstić information content (AvgIpc) is 2.80. The minimum atomic E-state index is -0.578. The normalized spacial score (nSPS) is 15.4. The molecule has 0 saturated carbocycles. The molecule has 4 rings (SSSR count). The van der Waals surface area contributed by atoms with E-state index in [0.29, 0.717) is 18.0 Å². The van der Waals surface area contributed by atoms with Gasteiger partial charge >= 0.3 is 0 Å². The van der Waals surface area contributed by atoms with E-state index in [0.717, 1.165) is 17.7 Å². The minimum Gasteiger partial charge on any atom is -0.479 e. The number of amides is 2. The Morgan fingerprint density at radius 1 is 1.06 bits per heavy atom. The maximum Gasteiger partial charge on any atom is 0.267 e. The molecule has 5 heteroatoms. The third kappa shape index (κ3) is 5.06. The first-order valence-corrected chi connectivity index (χ1v) is 10.7. The van der Waals surface area contributed by atoms with Gasteiger partial charge in [-0.05, 0) is 49.6 Å². The molecule has 1 aliphatic rings. The third-order valence-electron chi connectivity index (χ3n) is 5.41. The highest BCUT2D eigenvalue weighted by Crippen LogP contribution is 2.36. The number of carbonyl (C=O) groups is 2. The molecule has 0 radical (unpaired) electrons. The number of rotatable bonds is 6. The molecule has 1 N–H and O–H groups in total. The highest BCUT2D eigenvalue weighted by atomic mass is 16.5. The van der Waals surface area contributed by atoms with Gasteiger partial charge in [-0.1, -0.05) is 60.2 Å². The lowest BCUT2D eigenvalue weighted by atomic mass is 10.1. The summed E-state index contributed by atoms with van der Waals surface area (Å²) in [5.41, 5.74) is 4.64. The van der Waals surface area contributed by atoms with Crippen LogP contribution in [-0.4, -0.2) is 24.5 Å². The van der Waals surface area contributed by atoms with Crippen molar-refractivity contribution in [1.29, 1.82) is 0 Å². The first kappa shape index (κ1) is 21.4. The Morgan fingerprint density at radius 3 is 2.56 bits per heavy atom. The van der Waals surface area contributed by atoms with Crippen LogP contribution in [-0.2, 0) is 16.0 Å². The largest absolute Gasteiger partial charge is 0.479 e. The van der Waals surface area contributed by atoms with E-state index < -0.39 is 6.10 Å². The van der Waals surface area contributed by atoms with Gasteiger partial charge in [-0.25, -0.2) is 0 Å². The summed E-state index contributed by atoms with van der Waals surface area (Å²) in [6, 6.07) is 23.4. The monoisotopic (exact) mass is 426 g/mol. The lowest BCUT2D eigenvalue weighted by Gasteiger charge is -2.33. The fraction of sp³-hybridized carbons (Fsp3) is 0.185. The molecule has 3 aromatic carbocycles. The lowest BCUT2D eigenvalue weighted by Crippen LogP contribution is -2.45. The molecule has 32 heavy (non-hydrogen) atoms. The molecular formula is C27H26N2O3.